The molecule has 1 aliphatic carbocycles. The highest BCUT2D eigenvalue weighted by Gasteiger charge is 2.32. The Morgan fingerprint density at radius 1 is 1.03 bits per heavy atom. The van der Waals surface area contributed by atoms with Gasteiger partial charge < -0.3 is 14.5 Å². The summed E-state index contributed by atoms with van der Waals surface area (Å²) in [6.45, 7) is 8.08. The van der Waals surface area contributed by atoms with Crippen LogP contribution >= 0.6 is 0 Å². The smallest absolute Gasteiger partial charge is 0.241 e. The van der Waals surface area contributed by atoms with E-state index in [0.29, 0.717) is 18.8 Å². The van der Waals surface area contributed by atoms with E-state index < -0.39 is 16.1 Å². The lowest BCUT2D eigenvalue weighted by Gasteiger charge is -2.30. The Hall–Kier alpha value is -1.64. The number of hydrogen-bond acceptors (Lipinski definition) is 5. The van der Waals surface area contributed by atoms with Crippen LogP contribution in [0.1, 0.15) is 52.4 Å². The lowest BCUT2D eigenvalue weighted by Crippen LogP contribution is -2.52. The molecule has 2 aliphatic rings. The summed E-state index contributed by atoms with van der Waals surface area (Å²) in [4.78, 5) is 17.8. The molecule has 0 spiro atoms. The molecule has 1 heterocycles. The maximum absolute atomic E-state index is 13.4. The summed E-state index contributed by atoms with van der Waals surface area (Å²) in [6, 6.07) is 5.43. The van der Waals surface area contributed by atoms with E-state index >= 15 is 0 Å². The van der Waals surface area contributed by atoms with Crippen molar-refractivity contribution in [3.05, 3.63) is 24.3 Å². The van der Waals surface area contributed by atoms with Crippen LogP contribution in [0.15, 0.2) is 29.2 Å². The van der Waals surface area contributed by atoms with Crippen molar-refractivity contribution in [2.45, 2.75) is 63.3 Å². The van der Waals surface area contributed by atoms with E-state index in [1.807, 2.05) is 18.7 Å². The molecule has 0 bridgehead atoms. The molecule has 1 N–H and O–H groups in total. The fourth-order valence-electron chi connectivity index (χ4n) is 4.77. The van der Waals surface area contributed by atoms with E-state index in [1.165, 1.54) is 51.3 Å². The van der Waals surface area contributed by atoms with E-state index in [4.69, 9.17) is 4.74 Å². The summed E-state index contributed by atoms with van der Waals surface area (Å²) in [5, 5.41) is 0. The molecular formula is C24H39N3O4S. The topological polar surface area (TPSA) is 78.9 Å². The molecule has 1 aromatic carbocycles. The number of nitrogens with one attached hydrogen (secondary N) is 1. The summed E-state index contributed by atoms with van der Waals surface area (Å²) >= 11 is 0. The number of ether oxygens (including phenoxy) is 1. The minimum absolute atomic E-state index is 0.128. The predicted octanol–water partition coefficient (Wildman–Crippen LogP) is 3.11. The van der Waals surface area contributed by atoms with Gasteiger partial charge in [-0.15, -0.1) is 0 Å². The van der Waals surface area contributed by atoms with Crippen LogP contribution < -0.4 is 9.46 Å². The van der Waals surface area contributed by atoms with Crippen LogP contribution in [0, 0.1) is 11.8 Å². The Bertz CT molecular complexity index is 835. The Labute approximate surface area is 193 Å². The van der Waals surface area contributed by atoms with Crippen molar-refractivity contribution in [2.24, 2.45) is 11.8 Å². The first-order chi connectivity index (χ1) is 15.3. The van der Waals surface area contributed by atoms with Crippen molar-refractivity contribution < 1.29 is 17.9 Å². The summed E-state index contributed by atoms with van der Waals surface area (Å²) < 4.78 is 33.7. The van der Waals surface area contributed by atoms with Crippen LogP contribution in [0.25, 0.3) is 0 Å². The molecule has 1 amide bonds. The molecule has 180 valence electrons. The molecule has 1 aliphatic heterocycles. The van der Waals surface area contributed by atoms with Gasteiger partial charge in [-0.1, -0.05) is 33.1 Å². The summed E-state index contributed by atoms with van der Waals surface area (Å²) in [7, 11) is -2.28. The van der Waals surface area contributed by atoms with Crippen LogP contribution in [-0.2, 0) is 14.8 Å². The number of hydrogen-bond donors (Lipinski definition) is 1. The first kappa shape index (κ1) is 25.0. The van der Waals surface area contributed by atoms with Gasteiger partial charge in [0, 0.05) is 26.2 Å². The molecule has 7 nitrogen and oxygen atoms in total. The number of carbonyl (C=O) groups is 1. The van der Waals surface area contributed by atoms with Crippen LogP contribution in [0.5, 0.6) is 5.75 Å². The molecule has 1 aromatic rings. The Kier molecular flexibility index (Phi) is 8.96. The molecule has 1 saturated carbocycles. The van der Waals surface area contributed by atoms with Gasteiger partial charge in [-0.3, -0.25) is 4.79 Å². The average molecular weight is 466 g/mol. The molecular weight excluding hydrogens is 426 g/mol. The zero-order chi connectivity index (χ0) is 23.1. The zero-order valence-electron chi connectivity index (χ0n) is 19.8. The minimum Gasteiger partial charge on any atom is -0.497 e. The highest BCUT2D eigenvalue weighted by molar-refractivity contribution is 7.89. The zero-order valence-corrected chi connectivity index (χ0v) is 20.6. The number of sulfonamides is 1. The maximum atomic E-state index is 13.4. The van der Waals surface area contributed by atoms with Crippen molar-refractivity contribution in [2.75, 3.05) is 39.8 Å². The van der Waals surface area contributed by atoms with E-state index in [1.54, 1.807) is 12.1 Å². The molecule has 0 radical (unpaired) electrons. The van der Waals surface area contributed by atoms with Gasteiger partial charge in [-0.2, -0.15) is 4.72 Å². The standard InChI is InChI=1S/C24H39N3O4S/c1-19(2)23(25-32(29,30)22-12-10-21(31-3)11-13-22)24(28)27-15-7-14-26(16-17-27)18-20-8-5-4-6-9-20/h10-13,19-20,23,25H,4-9,14-18H2,1-3H3/t23-/m0/s1. The summed E-state index contributed by atoms with van der Waals surface area (Å²) in [6.07, 6.45) is 7.61. The van der Waals surface area contributed by atoms with Crippen molar-refractivity contribution in [1.29, 1.82) is 0 Å². The van der Waals surface area contributed by atoms with E-state index in [0.717, 1.165) is 32.0 Å². The highest BCUT2D eigenvalue weighted by Crippen LogP contribution is 2.25. The van der Waals surface area contributed by atoms with Crippen molar-refractivity contribution in [1.82, 2.24) is 14.5 Å². The number of amides is 1. The lowest BCUT2D eigenvalue weighted by atomic mass is 9.89. The highest BCUT2D eigenvalue weighted by atomic mass is 32.2. The van der Waals surface area contributed by atoms with Crippen molar-refractivity contribution in [3.8, 4) is 5.75 Å². The molecule has 32 heavy (non-hydrogen) atoms. The predicted molar refractivity (Wildman–Crippen MR) is 126 cm³/mol. The minimum atomic E-state index is -3.82. The quantitative estimate of drug-likeness (QED) is 0.638. The maximum Gasteiger partial charge on any atom is 0.241 e. The van der Waals surface area contributed by atoms with Gasteiger partial charge in [0.05, 0.1) is 12.0 Å². The van der Waals surface area contributed by atoms with E-state index in [-0.39, 0.29) is 16.7 Å². The number of nitrogens with zero attached hydrogens (tertiary/aromatic N) is 2. The Morgan fingerprint density at radius 2 is 1.72 bits per heavy atom. The van der Waals surface area contributed by atoms with Crippen LogP contribution in [0.3, 0.4) is 0 Å². The monoisotopic (exact) mass is 465 g/mol. The third kappa shape index (κ3) is 6.68. The van der Waals surface area contributed by atoms with Crippen molar-refractivity contribution >= 4 is 15.9 Å². The van der Waals surface area contributed by atoms with Crippen LogP contribution in [0.4, 0.5) is 0 Å². The van der Waals surface area contributed by atoms with Gasteiger partial charge >= 0.3 is 0 Å². The third-order valence-electron chi connectivity index (χ3n) is 6.73. The number of carbonyl (C=O) groups excluding carboxylic acids is 1. The molecule has 1 saturated heterocycles. The summed E-state index contributed by atoms with van der Waals surface area (Å²) in [5.74, 6) is 1.09. The van der Waals surface area contributed by atoms with Crippen LogP contribution in [-0.4, -0.2) is 70.0 Å². The second-order valence-electron chi connectivity index (χ2n) is 9.50. The van der Waals surface area contributed by atoms with Gasteiger partial charge in [0.15, 0.2) is 0 Å². The van der Waals surface area contributed by atoms with Gasteiger partial charge in [0.25, 0.3) is 0 Å². The molecule has 1 atom stereocenters. The van der Waals surface area contributed by atoms with Crippen LogP contribution in [0.2, 0.25) is 0 Å². The van der Waals surface area contributed by atoms with Gasteiger partial charge in [0.1, 0.15) is 11.8 Å². The fourth-order valence-corrected chi connectivity index (χ4v) is 6.10. The fraction of sp³-hybridized carbons (Fsp3) is 0.708. The van der Waals surface area contributed by atoms with Gasteiger partial charge in [0.2, 0.25) is 15.9 Å². The first-order valence-electron chi connectivity index (χ1n) is 12.0. The molecule has 0 unspecified atom stereocenters. The molecule has 2 fully saturated rings. The number of benzene rings is 1. The molecule has 3 rings (SSSR count). The van der Waals surface area contributed by atoms with E-state index in [9.17, 15) is 13.2 Å². The van der Waals surface area contributed by atoms with Crippen molar-refractivity contribution in [3.63, 3.8) is 0 Å². The molecule has 0 aromatic heterocycles. The Balaban J connectivity index is 1.62. The third-order valence-corrected chi connectivity index (χ3v) is 8.18. The molecule has 8 heteroatoms. The second kappa shape index (κ2) is 11.5. The second-order valence-corrected chi connectivity index (χ2v) is 11.2. The normalized spacial score (nSPS) is 20.2. The van der Waals surface area contributed by atoms with Gasteiger partial charge in [-0.05, 0) is 61.9 Å². The lowest BCUT2D eigenvalue weighted by molar-refractivity contribution is -0.133. The first-order valence-corrected chi connectivity index (χ1v) is 13.5. The SMILES string of the molecule is COc1ccc(S(=O)(=O)N[C@H](C(=O)N2CCCN(CC3CCCCC3)CC2)C(C)C)cc1. The van der Waals surface area contributed by atoms with Gasteiger partial charge in [-0.25, -0.2) is 8.42 Å². The largest absolute Gasteiger partial charge is 0.497 e. The summed E-state index contributed by atoms with van der Waals surface area (Å²) in [5.41, 5.74) is 0. The average Bonchev–Trinajstić information content (AvgIpc) is 3.03. The number of rotatable bonds is 8. The number of methoxy groups -OCH3 is 1. The van der Waals surface area contributed by atoms with E-state index in [2.05, 4.69) is 9.62 Å². The Morgan fingerprint density at radius 3 is 2.34 bits per heavy atom.